The van der Waals surface area contributed by atoms with Crippen LogP contribution in [0.5, 0.6) is 11.5 Å². The minimum atomic E-state index is -1.25. The van der Waals surface area contributed by atoms with Crippen LogP contribution in [0.25, 0.3) is 6.08 Å². The van der Waals surface area contributed by atoms with E-state index in [1.54, 1.807) is 24.3 Å². The van der Waals surface area contributed by atoms with Gasteiger partial charge in [0.05, 0.1) is 13.7 Å². The molecule has 1 N–H and O–H groups in total. The van der Waals surface area contributed by atoms with E-state index in [-0.39, 0.29) is 5.57 Å². The number of hydrogen-bond acceptors (Lipinski definition) is 4. The molecule has 1 aromatic carbocycles. The Balaban J connectivity index is 3.03. The van der Waals surface area contributed by atoms with Crippen molar-refractivity contribution in [3.05, 3.63) is 29.3 Å². The van der Waals surface area contributed by atoms with Gasteiger partial charge in [0.2, 0.25) is 0 Å². The number of carboxylic acids is 1. The van der Waals surface area contributed by atoms with E-state index in [0.29, 0.717) is 23.7 Å². The number of unbranched alkanes of at least 4 members (excludes halogenated alkanes) is 1. The van der Waals surface area contributed by atoms with Crippen LogP contribution in [0.4, 0.5) is 0 Å². The molecule has 0 heterocycles. The maximum Gasteiger partial charge on any atom is 0.346 e. The second-order valence-corrected chi connectivity index (χ2v) is 4.09. The number of nitriles is 1. The van der Waals surface area contributed by atoms with Crippen LogP contribution in [0.3, 0.4) is 0 Å². The molecule has 5 nitrogen and oxygen atoms in total. The zero-order valence-corrected chi connectivity index (χ0v) is 11.5. The first-order chi connectivity index (χ1) is 9.62. The topological polar surface area (TPSA) is 79.5 Å². The lowest BCUT2D eigenvalue weighted by Gasteiger charge is -2.11. The number of rotatable bonds is 7. The van der Waals surface area contributed by atoms with Crippen molar-refractivity contribution in [2.45, 2.75) is 19.8 Å². The fourth-order valence-electron chi connectivity index (χ4n) is 1.53. The number of aliphatic carboxylic acids is 1. The highest BCUT2D eigenvalue weighted by Crippen LogP contribution is 2.29. The Hall–Kier alpha value is -2.48. The predicted molar refractivity (Wildman–Crippen MR) is 74.6 cm³/mol. The lowest BCUT2D eigenvalue weighted by molar-refractivity contribution is -0.132. The Morgan fingerprint density at radius 1 is 1.45 bits per heavy atom. The van der Waals surface area contributed by atoms with Crippen LogP contribution in [0, 0.1) is 11.3 Å². The van der Waals surface area contributed by atoms with E-state index in [2.05, 4.69) is 6.92 Å². The molecular weight excluding hydrogens is 258 g/mol. The van der Waals surface area contributed by atoms with Crippen LogP contribution in [0.15, 0.2) is 23.8 Å². The average Bonchev–Trinajstić information content (AvgIpc) is 2.45. The molecule has 0 amide bonds. The van der Waals surface area contributed by atoms with Gasteiger partial charge in [-0.15, -0.1) is 0 Å². The third-order valence-electron chi connectivity index (χ3n) is 2.61. The zero-order chi connectivity index (χ0) is 15.0. The first-order valence-electron chi connectivity index (χ1n) is 6.28. The van der Waals surface area contributed by atoms with Crippen molar-refractivity contribution in [1.82, 2.24) is 0 Å². The number of nitrogens with zero attached hydrogens (tertiary/aromatic N) is 1. The number of carbonyl (C=O) groups is 1. The third-order valence-corrected chi connectivity index (χ3v) is 2.61. The fourth-order valence-corrected chi connectivity index (χ4v) is 1.53. The van der Waals surface area contributed by atoms with Gasteiger partial charge in [-0.2, -0.15) is 5.26 Å². The van der Waals surface area contributed by atoms with E-state index in [4.69, 9.17) is 19.8 Å². The highest BCUT2D eigenvalue weighted by atomic mass is 16.5. The first kappa shape index (κ1) is 15.6. The van der Waals surface area contributed by atoms with E-state index in [9.17, 15) is 4.79 Å². The minimum absolute atomic E-state index is 0.324. The number of carboxylic acid groups (broad SMARTS) is 1. The average molecular weight is 275 g/mol. The molecule has 0 bridgehead atoms. The molecule has 106 valence electrons. The summed E-state index contributed by atoms with van der Waals surface area (Å²) >= 11 is 0. The molecule has 20 heavy (non-hydrogen) atoms. The van der Waals surface area contributed by atoms with Crippen LogP contribution in [0.2, 0.25) is 0 Å². The number of benzene rings is 1. The standard InChI is InChI=1S/C15H17NO4/c1-3-4-7-20-14-9-11(5-6-13(14)19-2)8-12(10-16)15(17)18/h5-6,8-9H,3-4,7H2,1-2H3,(H,17,18). The van der Waals surface area contributed by atoms with E-state index in [1.807, 2.05) is 0 Å². The second kappa shape index (κ2) is 7.85. The van der Waals surface area contributed by atoms with Gasteiger partial charge in [0.25, 0.3) is 0 Å². The van der Waals surface area contributed by atoms with Crippen LogP contribution in [0.1, 0.15) is 25.3 Å². The molecule has 0 aliphatic heterocycles. The van der Waals surface area contributed by atoms with Crippen molar-refractivity contribution in [1.29, 1.82) is 5.26 Å². The maximum absolute atomic E-state index is 10.8. The van der Waals surface area contributed by atoms with Gasteiger partial charge in [-0.1, -0.05) is 19.4 Å². The van der Waals surface area contributed by atoms with Gasteiger partial charge in [0.1, 0.15) is 11.6 Å². The molecule has 0 aromatic heterocycles. The molecule has 1 aromatic rings. The molecule has 0 saturated carbocycles. The molecule has 0 aliphatic carbocycles. The predicted octanol–water partition coefficient (Wildman–Crippen LogP) is 2.87. The Morgan fingerprint density at radius 2 is 2.20 bits per heavy atom. The molecule has 0 saturated heterocycles. The monoisotopic (exact) mass is 275 g/mol. The minimum Gasteiger partial charge on any atom is -0.493 e. The van der Waals surface area contributed by atoms with Crippen LogP contribution in [-0.2, 0) is 4.79 Å². The summed E-state index contributed by atoms with van der Waals surface area (Å²) in [5, 5.41) is 17.6. The molecule has 0 fully saturated rings. The van der Waals surface area contributed by atoms with Gasteiger partial charge in [0, 0.05) is 0 Å². The molecule has 0 unspecified atom stereocenters. The Morgan fingerprint density at radius 3 is 2.75 bits per heavy atom. The molecule has 1 rings (SSSR count). The third kappa shape index (κ3) is 4.32. The summed E-state index contributed by atoms with van der Waals surface area (Å²) in [7, 11) is 1.54. The van der Waals surface area contributed by atoms with Gasteiger partial charge in [-0.3, -0.25) is 0 Å². The van der Waals surface area contributed by atoms with E-state index >= 15 is 0 Å². The molecule has 5 heteroatoms. The molecule has 0 radical (unpaired) electrons. The Kier molecular flexibility index (Phi) is 6.11. The van der Waals surface area contributed by atoms with Crippen molar-refractivity contribution >= 4 is 12.0 Å². The quantitative estimate of drug-likeness (QED) is 0.470. The van der Waals surface area contributed by atoms with Gasteiger partial charge >= 0.3 is 5.97 Å². The summed E-state index contributed by atoms with van der Waals surface area (Å²) in [5.41, 5.74) is 0.255. The number of ether oxygens (including phenoxy) is 2. The van der Waals surface area contributed by atoms with Gasteiger partial charge < -0.3 is 14.6 Å². The van der Waals surface area contributed by atoms with Crippen molar-refractivity contribution in [3.8, 4) is 17.6 Å². The van der Waals surface area contributed by atoms with Crippen molar-refractivity contribution < 1.29 is 19.4 Å². The summed E-state index contributed by atoms with van der Waals surface area (Å²) in [5.74, 6) is -0.138. The van der Waals surface area contributed by atoms with Gasteiger partial charge in [-0.25, -0.2) is 4.79 Å². The van der Waals surface area contributed by atoms with E-state index < -0.39 is 5.97 Å². The Labute approximate surface area is 118 Å². The number of hydrogen-bond donors (Lipinski definition) is 1. The lowest BCUT2D eigenvalue weighted by Crippen LogP contribution is -2.00. The van der Waals surface area contributed by atoms with Crippen LogP contribution >= 0.6 is 0 Å². The summed E-state index contributed by atoms with van der Waals surface area (Å²) in [4.78, 5) is 10.8. The van der Waals surface area contributed by atoms with Gasteiger partial charge in [0.15, 0.2) is 11.5 Å². The first-order valence-corrected chi connectivity index (χ1v) is 6.28. The molecule has 0 aliphatic rings. The highest BCUT2D eigenvalue weighted by molar-refractivity contribution is 5.96. The molecular formula is C15H17NO4. The van der Waals surface area contributed by atoms with Crippen LogP contribution in [-0.4, -0.2) is 24.8 Å². The molecule has 0 atom stereocenters. The van der Waals surface area contributed by atoms with Crippen molar-refractivity contribution in [3.63, 3.8) is 0 Å². The Bertz CT molecular complexity index is 543. The van der Waals surface area contributed by atoms with Gasteiger partial charge in [-0.05, 0) is 30.2 Å². The largest absolute Gasteiger partial charge is 0.493 e. The number of methoxy groups -OCH3 is 1. The molecule has 0 spiro atoms. The second-order valence-electron chi connectivity index (χ2n) is 4.09. The fraction of sp³-hybridized carbons (Fsp3) is 0.333. The SMILES string of the molecule is CCCCOc1cc(C=C(C#N)C(=O)O)ccc1OC. The van der Waals surface area contributed by atoms with E-state index in [0.717, 1.165) is 12.8 Å². The highest BCUT2D eigenvalue weighted by Gasteiger charge is 2.09. The van der Waals surface area contributed by atoms with Crippen molar-refractivity contribution in [2.24, 2.45) is 0 Å². The summed E-state index contributed by atoms with van der Waals surface area (Å²) in [6.45, 7) is 2.62. The summed E-state index contributed by atoms with van der Waals surface area (Å²) < 4.78 is 10.8. The summed E-state index contributed by atoms with van der Waals surface area (Å²) in [6.07, 6.45) is 3.23. The summed E-state index contributed by atoms with van der Waals surface area (Å²) in [6, 6.07) is 6.66. The van der Waals surface area contributed by atoms with Crippen molar-refractivity contribution in [2.75, 3.05) is 13.7 Å². The lowest BCUT2D eigenvalue weighted by atomic mass is 10.1. The maximum atomic E-state index is 10.8. The smallest absolute Gasteiger partial charge is 0.346 e. The van der Waals surface area contributed by atoms with Crippen LogP contribution < -0.4 is 9.47 Å². The zero-order valence-electron chi connectivity index (χ0n) is 11.5. The normalized spacial score (nSPS) is 10.8. The van der Waals surface area contributed by atoms with E-state index in [1.165, 1.54) is 13.2 Å².